The van der Waals surface area contributed by atoms with Gasteiger partial charge >= 0.3 is 0 Å². The van der Waals surface area contributed by atoms with Crippen LogP contribution in [0.1, 0.15) is 51.4 Å². The summed E-state index contributed by atoms with van der Waals surface area (Å²) in [5.41, 5.74) is 0. The first-order chi connectivity index (χ1) is 13.7. The van der Waals surface area contributed by atoms with E-state index in [4.69, 9.17) is 0 Å². The van der Waals surface area contributed by atoms with Gasteiger partial charge in [-0.25, -0.2) is 39.1 Å². The van der Waals surface area contributed by atoms with Gasteiger partial charge in [0.1, 0.15) is 0 Å². The van der Waals surface area contributed by atoms with E-state index in [1.54, 1.807) is 24.3 Å². The molecule has 0 amide bonds. The average Bonchev–Trinajstić information content (AvgIpc) is 2.74. The minimum absolute atomic E-state index is 0.469. The van der Waals surface area contributed by atoms with Crippen molar-refractivity contribution < 1.29 is 19.2 Å². The van der Waals surface area contributed by atoms with Gasteiger partial charge in [0.05, 0.1) is 26.2 Å². The fraction of sp³-hybridized carbons (Fsp3) is 0.800. The molecule has 0 spiro atoms. The molecule has 0 saturated heterocycles. The number of hydrogen-bond acceptors (Lipinski definition) is 8. The summed E-state index contributed by atoms with van der Waals surface area (Å²) in [6, 6.07) is 0. The van der Waals surface area contributed by atoms with Crippen molar-refractivity contribution in [3.63, 3.8) is 0 Å². The Hall–Kier alpha value is -2.48. The first kappa shape index (κ1) is 23.6. The zero-order valence-corrected chi connectivity index (χ0v) is 16.2. The predicted octanol–water partition coefficient (Wildman–Crippen LogP) is 2.93. The molecule has 2 aliphatic carbocycles. The molecule has 2 saturated carbocycles. The standard InChI is InChI=1S/2C10H14N2O2/c2*13-7-11-5-9-2-1-3-10(4-9)6-12-8-14/h2*9-10H,1-6H2. The van der Waals surface area contributed by atoms with Gasteiger partial charge in [0.15, 0.2) is 0 Å². The molecule has 0 aromatic carbocycles. The minimum Gasteiger partial charge on any atom is -0.211 e. The molecule has 8 heteroatoms. The lowest BCUT2D eigenvalue weighted by atomic mass is 9.81. The van der Waals surface area contributed by atoms with Crippen LogP contribution in [0, 0.1) is 23.7 Å². The summed E-state index contributed by atoms with van der Waals surface area (Å²) >= 11 is 0. The highest BCUT2D eigenvalue weighted by molar-refractivity contribution is 5.33. The maximum absolute atomic E-state index is 9.94. The summed E-state index contributed by atoms with van der Waals surface area (Å²) in [6.45, 7) is 2.30. The summed E-state index contributed by atoms with van der Waals surface area (Å²) in [5, 5.41) is 0. The van der Waals surface area contributed by atoms with Gasteiger partial charge in [-0.1, -0.05) is 12.8 Å². The molecular formula is C20H28N4O4. The van der Waals surface area contributed by atoms with Crippen LogP contribution in [0.4, 0.5) is 0 Å². The van der Waals surface area contributed by atoms with Gasteiger partial charge < -0.3 is 0 Å². The average molecular weight is 388 g/mol. The normalized spacial score (nSPS) is 26.0. The molecule has 4 unspecified atom stereocenters. The molecule has 28 heavy (non-hydrogen) atoms. The van der Waals surface area contributed by atoms with Crippen LogP contribution in [-0.4, -0.2) is 50.5 Å². The van der Waals surface area contributed by atoms with Crippen LogP contribution in [0.3, 0.4) is 0 Å². The van der Waals surface area contributed by atoms with Gasteiger partial charge in [0.25, 0.3) is 0 Å². The van der Waals surface area contributed by atoms with Crippen LogP contribution in [0.15, 0.2) is 20.0 Å². The van der Waals surface area contributed by atoms with Crippen molar-refractivity contribution in [3.8, 4) is 0 Å². The fourth-order valence-electron chi connectivity index (χ4n) is 4.13. The molecule has 4 atom stereocenters. The lowest BCUT2D eigenvalue weighted by Gasteiger charge is -2.26. The SMILES string of the molecule is O=C=NCC1CCCC(CN=C=O)C1.O=C=NCC1CCCC(CN=C=O)C1. The lowest BCUT2D eigenvalue weighted by Crippen LogP contribution is -2.19. The van der Waals surface area contributed by atoms with Gasteiger partial charge in [0.2, 0.25) is 24.3 Å². The van der Waals surface area contributed by atoms with E-state index in [1.165, 1.54) is 0 Å². The van der Waals surface area contributed by atoms with E-state index < -0.39 is 0 Å². The van der Waals surface area contributed by atoms with Gasteiger partial charge in [-0.15, -0.1) is 0 Å². The zero-order chi connectivity index (χ0) is 20.5. The van der Waals surface area contributed by atoms with Crippen molar-refractivity contribution >= 4 is 24.3 Å². The second-order valence-corrected chi connectivity index (χ2v) is 7.53. The Morgan fingerprint density at radius 3 is 0.964 bits per heavy atom. The molecule has 2 aliphatic rings. The number of hydrogen-bond donors (Lipinski definition) is 0. The van der Waals surface area contributed by atoms with Crippen LogP contribution >= 0.6 is 0 Å². The molecule has 0 aromatic heterocycles. The third-order valence-corrected chi connectivity index (χ3v) is 5.44. The quantitative estimate of drug-likeness (QED) is 0.469. The van der Waals surface area contributed by atoms with Crippen LogP contribution < -0.4 is 0 Å². The molecular weight excluding hydrogens is 360 g/mol. The molecule has 0 heterocycles. The molecule has 0 aromatic rings. The van der Waals surface area contributed by atoms with Gasteiger partial charge in [0, 0.05) is 0 Å². The van der Waals surface area contributed by atoms with Crippen molar-refractivity contribution in [1.29, 1.82) is 0 Å². The highest BCUT2D eigenvalue weighted by Crippen LogP contribution is 2.30. The topological polar surface area (TPSA) is 118 Å². The molecule has 0 bridgehead atoms. The summed E-state index contributed by atoms with van der Waals surface area (Å²) in [4.78, 5) is 54.1. The Morgan fingerprint density at radius 2 is 0.750 bits per heavy atom. The number of aliphatic imine (C=N–C) groups is 4. The number of isocyanates is 4. The van der Waals surface area contributed by atoms with Gasteiger partial charge in [-0.05, 0) is 62.2 Å². The Bertz CT molecular complexity index is 535. The van der Waals surface area contributed by atoms with Gasteiger partial charge in [-0.3, -0.25) is 0 Å². The van der Waals surface area contributed by atoms with E-state index in [1.807, 2.05) is 0 Å². The number of carbonyl (C=O) groups excluding carboxylic acids is 4. The molecule has 2 rings (SSSR count). The van der Waals surface area contributed by atoms with E-state index in [0.717, 1.165) is 51.4 Å². The summed E-state index contributed by atoms with van der Waals surface area (Å²) in [5.74, 6) is 1.88. The predicted molar refractivity (Wildman–Crippen MR) is 103 cm³/mol. The third-order valence-electron chi connectivity index (χ3n) is 5.44. The lowest BCUT2D eigenvalue weighted by molar-refractivity contribution is 0.278. The van der Waals surface area contributed by atoms with E-state index >= 15 is 0 Å². The third kappa shape index (κ3) is 10.6. The number of nitrogens with zero attached hydrogens (tertiary/aromatic N) is 4. The van der Waals surface area contributed by atoms with Crippen LogP contribution in [0.25, 0.3) is 0 Å². The second kappa shape index (κ2) is 15.6. The van der Waals surface area contributed by atoms with Crippen molar-refractivity contribution in [1.82, 2.24) is 0 Å². The zero-order valence-electron chi connectivity index (χ0n) is 16.2. The van der Waals surface area contributed by atoms with E-state index in [9.17, 15) is 19.2 Å². The Balaban J connectivity index is 0.000000280. The fourth-order valence-corrected chi connectivity index (χ4v) is 4.13. The first-order valence-electron chi connectivity index (χ1n) is 9.87. The molecule has 0 radical (unpaired) electrons. The Kier molecular flexibility index (Phi) is 13.1. The molecule has 0 N–H and O–H groups in total. The Morgan fingerprint density at radius 1 is 0.500 bits per heavy atom. The minimum atomic E-state index is 0.469. The first-order valence-corrected chi connectivity index (χ1v) is 9.87. The monoisotopic (exact) mass is 388 g/mol. The summed E-state index contributed by atoms with van der Waals surface area (Å²) < 4.78 is 0. The van der Waals surface area contributed by atoms with Crippen molar-refractivity contribution in [2.45, 2.75) is 51.4 Å². The van der Waals surface area contributed by atoms with E-state index in [2.05, 4.69) is 20.0 Å². The molecule has 2 fully saturated rings. The highest BCUT2D eigenvalue weighted by atomic mass is 16.1. The van der Waals surface area contributed by atoms with Crippen molar-refractivity contribution in [2.24, 2.45) is 43.6 Å². The molecule has 0 aliphatic heterocycles. The largest absolute Gasteiger partial charge is 0.234 e. The van der Waals surface area contributed by atoms with Crippen LogP contribution in [0.2, 0.25) is 0 Å². The van der Waals surface area contributed by atoms with E-state index in [0.29, 0.717) is 49.9 Å². The Labute approximate surface area is 165 Å². The van der Waals surface area contributed by atoms with Crippen LogP contribution in [0.5, 0.6) is 0 Å². The second-order valence-electron chi connectivity index (χ2n) is 7.53. The maximum atomic E-state index is 9.94. The van der Waals surface area contributed by atoms with Crippen molar-refractivity contribution in [3.05, 3.63) is 0 Å². The van der Waals surface area contributed by atoms with E-state index in [-0.39, 0.29) is 0 Å². The smallest absolute Gasteiger partial charge is 0.211 e. The summed E-state index contributed by atoms with van der Waals surface area (Å²) in [7, 11) is 0. The summed E-state index contributed by atoms with van der Waals surface area (Å²) in [6.07, 6.45) is 15.0. The maximum Gasteiger partial charge on any atom is 0.234 e. The molecule has 8 nitrogen and oxygen atoms in total. The van der Waals surface area contributed by atoms with Gasteiger partial charge in [-0.2, -0.15) is 0 Å². The van der Waals surface area contributed by atoms with Crippen LogP contribution in [-0.2, 0) is 19.2 Å². The highest BCUT2D eigenvalue weighted by Gasteiger charge is 2.22. The number of rotatable bonds is 8. The molecule has 152 valence electrons. The van der Waals surface area contributed by atoms with Crippen molar-refractivity contribution in [2.75, 3.05) is 26.2 Å².